The van der Waals surface area contributed by atoms with Crippen LogP contribution in [-0.4, -0.2) is 30.4 Å². The van der Waals surface area contributed by atoms with Crippen molar-refractivity contribution < 1.29 is 0 Å². The molecule has 0 saturated carbocycles. The van der Waals surface area contributed by atoms with Gasteiger partial charge in [0.05, 0.1) is 6.54 Å². The second-order valence-electron chi connectivity index (χ2n) is 3.47. The maximum atomic E-state index is 4.18. The first-order valence-electron chi connectivity index (χ1n) is 5.36. The second kappa shape index (κ2) is 5.84. The molecule has 1 rings (SSSR count). The van der Waals surface area contributed by atoms with Crippen LogP contribution in [0.15, 0.2) is 5.10 Å². The molecule has 0 aliphatic carbocycles. The fraction of sp³-hybridized carbons (Fsp3) is 0.900. The summed E-state index contributed by atoms with van der Waals surface area (Å²) < 4.78 is 0. The van der Waals surface area contributed by atoms with Gasteiger partial charge >= 0.3 is 0 Å². The zero-order chi connectivity index (χ0) is 9.52. The molecule has 1 aliphatic heterocycles. The zero-order valence-corrected chi connectivity index (χ0v) is 8.79. The van der Waals surface area contributed by atoms with Gasteiger partial charge in [0.25, 0.3) is 0 Å². The normalized spacial score (nSPS) is 15.4. The van der Waals surface area contributed by atoms with E-state index >= 15 is 0 Å². The highest BCUT2D eigenvalue weighted by molar-refractivity contribution is 5.83. The molecule has 3 nitrogen and oxygen atoms in total. The van der Waals surface area contributed by atoms with Crippen LogP contribution in [0.4, 0.5) is 0 Å². The largest absolute Gasteiger partial charge is 0.359 e. The summed E-state index contributed by atoms with van der Waals surface area (Å²) in [6.07, 6.45) is 4.76. The second-order valence-corrected chi connectivity index (χ2v) is 3.47. The van der Waals surface area contributed by atoms with E-state index < -0.39 is 0 Å². The maximum absolute atomic E-state index is 4.18. The van der Waals surface area contributed by atoms with E-state index in [4.69, 9.17) is 0 Å². The van der Waals surface area contributed by atoms with Crippen molar-refractivity contribution in [3.05, 3.63) is 0 Å². The number of rotatable bonds is 5. The Bertz CT molecular complexity index is 166. The van der Waals surface area contributed by atoms with Gasteiger partial charge in [0.2, 0.25) is 0 Å². The highest BCUT2D eigenvalue weighted by atomic mass is 15.4. The van der Waals surface area contributed by atoms with Crippen LogP contribution >= 0.6 is 0 Å². The lowest BCUT2D eigenvalue weighted by molar-refractivity contribution is 0.402. The average Bonchev–Trinajstić information content (AvgIpc) is 2.65. The van der Waals surface area contributed by atoms with Gasteiger partial charge in [-0.1, -0.05) is 20.3 Å². The van der Waals surface area contributed by atoms with Crippen molar-refractivity contribution in [2.75, 3.05) is 19.6 Å². The third-order valence-corrected chi connectivity index (χ3v) is 2.26. The zero-order valence-electron chi connectivity index (χ0n) is 8.79. The van der Waals surface area contributed by atoms with Crippen molar-refractivity contribution in [1.29, 1.82) is 0 Å². The van der Waals surface area contributed by atoms with Crippen molar-refractivity contribution in [1.82, 2.24) is 10.3 Å². The molecule has 0 amide bonds. The number of unbranched alkanes of at least 4 members (excludes halogenated alkanes) is 1. The van der Waals surface area contributed by atoms with Gasteiger partial charge in [-0.2, -0.15) is 5.43 Å². The highest BCUT2D eigenvalue weighted by Gasteiger charge is 2.14. The van der Waals surface area contributed by atoms with Gasteiger partial charge < -0.3 is 4.90 Å². The fourth-order valence-electron chi connectivity index (χ4n) is 1.54. The van der Waals surface area contributed by atoms with Crippen LogP contribution in [0.2, 0.25) is 0 Å². The van der Waals surface area contributed by atoms with E-state index in [-0.39, 0.29) is 0 Å². The average molecular weight is 182 g/mol. The Labute approximate surface area is 81.2 Å². The van der Waals surface area contributed by atoms with Gasteiger partial charge in [-0.3, -0.25) is 0 Å². The minimum Gasteiger partial charge on any atom is -0.359 e. The summed E-state index contributed by atoms with van der Waals surface area (Å²) in [6.45, 7) is 7.62. The van der Waals surface area contributed by atoms with Gasteiger partial charge in [0.15, 0.2) is 0 Å². The van der Waals surface area contributed by atoms with Crippen molar-refractivity contribution in [3.63, 3.8) is 0 Å². The van der Waals surface area contributed by atoms with Crippen LogP contribution in [0, 0.1) is 0 Å². The number of nitrogens with zero attached hydrogens (tertiary/aromatic N) is 3. The summed E-state index contributed by atoms with van der Waals surface area (Å²) >= 11 is 0. The molecule has 0 saturated heterocycles. The van der Waals surface area contributed by atoms with E-state index in [0.717, 1.165) is 26.1 Å². The summed E-state index contributed by atoms with van der Waals surface area (Å²) in [7, 11) is 0. The molecule has 0 bridgehead atoms. The predicted octanol–water partition coefficient (Wildman–Crippen LogP) is 1.82. The quantitative estimate of drug-likeness (QED) is 0.637. The number of hydrogen-bond acceptors (Lipinski definition) is 2. The van der Waals surface area contributed by atoms with E-state index in [0.29, 0.717) is 0 Å². The van der Waals surface area contributed by atoms with Crippen molar-refractivity contribution in [3.8, 4) is 0 Å². The molecule has 3 heteroatoms. The van der Waals surface area contributed by atoms with Gasteiger partial charge in [0.1, 0.15) is 5.84 Å². The lowest BCUT2D eigenvalue weighted by Gasteiger charge is -2.22. The van der Waals surface area contributed by atoms with E-state index in [1.54, 1.807) is 0 Å². The molecule has 0 fully saturated rings. The van der Waals surface area contributed by atoms with Crippen molar-refractivity contribution in [2.45, 2.75) is 39.5 Å². The summed E-state index contributed by atoms with van der Waals surface area (Å²) in [5.41, 5.74) is 4.02. The van der Waals surface area contributed by atoms with Crippen LogP contribution < -0.4 is 5.43 Å². The molecule has 0 aromatic carbocycles. The lowest BCUT2D eigenvalue weighted by atomic mass is 10.2. The molecule has 0 aromatic rings. The summed E-state index contributed by atoms with van der Waals surface area (Å²) in [5, 5.41) is 4.18. The number of amidine groups is 1. The predicted molar refractivity (Wildman–Crippen MR) is 55.8 cm³/mol. The highest BCUT2D eigenvalue weighted by Crippen LogP contribution is 2.05. The summed E-state index contributed by atoms with van der Waals surface area (Å²) in [4.78, 5) is 2.39. The molecule has 1 radical (unpaired) electrons. The first kappa shape index (κ1) is 10.4. The Morgan fingerprint density at radius 1 is 1.23 bits per heavy atom. The summed E-state index contributed by atoms with van der Waals surface area (Å²) in [6, 6.07) is 0. The van der Waals surface area contributed by atoms with E-state index in [2.05, 4.69) is 29.3 Å². The first-order chi connectivity index (χ1) is 6.38. The van der Waals surface area contributed by atoms with Crippen LogP contribution in [0.25, 0.3) is 0 Å². The Hall–Kier alpha value is -0.730. The van der Waals surface area contributed by atoms with E-state index in [9.17, 15) is 0 Å². The Kier molecular flexibility index (Phi) is 4.65. The third-order valence-electron chi connectivity index (χ3n) is 2.26. The van der Waals surface area contributed by atoms with Crippen LogP contribution in [0.5, 0.6) is 0 Å². The molecule has 1 heterocycles. The monoisotopic (exact) mass is 182 g/mol. The fourth-order valence-corrected chi connectivity index (χ4v) is 1.54. The minimum atomic E-state index is 0.891. The Balaban J connectivity index is 2.36. The molecule has 0 atom stereocenters. The molecule has 0 unspecified atom stereocenters. The SMILES string of the molecule is CCCCN(CCC)C1=N[N]CC1. The first-order valence-corrected chi connectivity index (χ1v) is 5.36. The summed E-state index contributed by atoms with van der Waals surface area (Å²) in [5.74, 6) is 1.20. The van der Waals surface area contributed by atoms with Gasteiger partial charge in [-0.25, -0.2) is 0 Å². The molecular weight excluding hydrogens is 162 g/mol. The molecule has 0 spiro atoms. The minimum absolute atomic E-state index is 0.891. The molecule has 1 aliphatic rings. The molecule has 13 heavy (non-hydrogen) atoms. The number of hydrogen-bond donors (Lipinski definition) is 0. The van der Waals surface area contributed by atoms with Gasteiger partial charge in [-0.15, -0.1) is 5.10 Å². The van der Waals surface area contributed by atoms with Crippen molar-refractivity contribution >= 4 is 5.84 Å². The van der Waals surface area contributed by atoms with Gasteiger partial charge in [-0.05, 0) is 12.8 Å². The Morgan fingerprint density at radius 3 is 2.62 bits per heavy atom. The standard InChI is InChI=1S/C10H20N3/c1-3-5-9-13(8-4-2)10-6-7-11-12-10/h3-9H2,1-2H3. The molecule has 0 N–H and O–H groups in total. The lowest BCUT2D eigenvalue weighted by Crippen LogP contribution is -2.31. The molecule has 75 valence electrons. The Morgan fingerprint density at radius 2 is 2.08 bits per heavy atom. The van der Waals surface area contributed by atoms with Crippen LogP contribution in [-0.2, 0) is 0 Å². The molecule has 0 aromatic heterocycles. The van der Waals surface area contributed by atoms with Crippen molar-refractivity contribution in [2.24, 2.45) is 5.10 Å². The third kappa shape index (κ3) is 3.25. The smallest absolute Gasteiger partial charge is 0.129 e. The van der Waals surface area contributed by atoms with Crippen LogP contribution in [0.1, 0.15) is 39.5 Å². The topological polar surface area (TPSA) is 29.7 Å². The van der Waals surface area contributed by atoms with E-state index in [1.807, 2.05) is 0 Å². The maximum Gasteiger partial charge on any atom is 0.129 e. The van der Waals surface area contributed by atoms with Crippen LogP contribution in [0.3, 0.4) is 0 Å². The van der Waals surface area contributed by atoms with Gasteiger partial charge in [0, 0.05) is 19.5 Å². The van der Waals surface area contributed by atoms with E-state index in [1.165, 1.54) is 25.1 Å². The molecular formula is C10H20N3.